The molecule has 0 aromatic rings. The Morgan fingerprint density at radius 2 is 2.00 bits per heavy atom. The van der Waals surface area contributed by atoms with Crippen LogP contribution in [0.3, 0.4) is 0 Å². The van der Waals surface area contributed by atoms with Gasteiger partial charge in [-0.25, -0.2) is 0 Å². The first-order valence-corrected chi connectivity index (χ1v) is 4.54. The van der Waals surface area contributed by atoms with Crippen molar-refractivity contribution in [2.24, 2.45) is 0 Å². The van der Waals surface area contributed by atoms with Crippen LogP contribution in [-0.4, -0.2) is 30.4 Å². The Kier molecular flexibility index (Phi) is 6.84. The normalized spacial score (nSPS) is 10.3. The first-order valence-electron chi connectivity index (χ1n) is 3.13. The van der Waals surface area contributed by atoms with E-state index in [4.69, 9.17) is 13.3 Å². The summed E-state index contributed by atoms with van der Waals surface area (Å²) in [6.07, 6.45) is 2.65. The molecule has 0 rings (SSSR count). The Hall–Kier alpha value is -0.163. The summed E-state index contributed by atoms with van der Waals surface area (Å²) in [6, 6.07) is 0. The third kappa shape index (κ3) is 4.69. The first-order chi connectivity index (χ1) is 4.85. The number of hydrogen-bond acceptors (Lipinski definition) is 3. The van der Waals surface area contributed by atoms with Crippen LogP contribution in [0.2, 0.25) is 0 Å². The molecule has 0 atom stereocenters. The largest absolute Gasteiger partial charge is 0.483 e. The fraction of sp³-hybridized carbons (Fsp3) is 0.667. The van der Waals surface area contributed by atoms with Crippen molar-refractivity contribution in [2.45, 2.75) is 6.42 Å². The van der Waals surface area contributed by atoms with Crippen molar-refractivity contribution < 1.29 is 13.3 Å². The average molecular weight is 162 g/mol. The molecule has 0 bridgehead atoms. The van der Waals surface area contributed by atoms with Crippen LogP contribution in [0.4, 0.5) is 0 Å². The molecule has 0 spiro atoms. The number of hydrogen-bond donors (Lipinski definition) is 0. The minimum Gasteiger partial charge on any atom is -0.379 e. The summed E-state index contributed by atoms with van der Waals surface area (Å²) in [5, 5.41) is 0. The van der Waals surface area contributed by atoms with Crippen molar-refractivity contribution in [2.75, 3.05) is 20.8 Å². The number of rotatable bonds is 6. The molecule has 0 unspecified atom stereocenters. The maximum Gasteiger partial charge on any atom is 0.483 e. The second-order valence-electron chi connectivity index (χ2n) is 1.71. The van der Waals surface area contributed by atoms with E-state index in [9.17, 15) is 0 Å². The van der Waals surface area contributed by atoms with Gasteiger partial charge in [-0.2, -0.15) is 0 Å². The van der Waals surface area contributed by atoms with Crippen molar-refractivity contribution in [3.8, 4) is 0 Å². The fourth-order valence-corrected chi connectivity index (χ4v) is 1.27. The molecule has 60 valence electrons. The molecule has 3 nitrogen and oxygen atoms in total. The Labute approximate surface area is 63.6 Å². The summed E-state index contributed by atoms with van der Waals surface area (Å²) in [7, 11) is 1.41. The van der Waals surface area contributed by atoms with Gasteiger partial charge in [0, 0.05) is 20.8 Å². The minimum atomic E-state index is -1.77. The highest BCUT2D eigenvalue weighted by Gasteiger charge is 2.08. The van der Waals surface area contributed by atoms with Crippen LogP contribution in [0, 0.1) is 0 Å². The van der Waals surface area contributed by atoms with E-state index in [1.807, 2.05) is 0 Å². The van der Waals surface area contributed by atoms with Crippen molar-refractivity contribution in [1.82, 2.24) is 0 Å². The average Bonchev–Trinajstić information content (AvgIpc) is 1.99. The maximum absolute atomic E-state index is 5.20. The van der Waals surface area contributed by atoms with E-state index >= 15 is 0 Å². The van der Waals surface area contributed by atoms with E-state index < -0.39 is 9.53 Å². The predicted molar refractivity (Wildman–Crippen MR) is 41.9 cm³/mol. The molecule has 0 aliphatic rings. The van der Waals surface area contributed by atoms with Gasteiger partial charge in [0.2, 0.25) is 0 Å². The molecule has 0 aromatic heterocycles. The van der Waals surface area contributed by atoms with Gasteiger partial charge in [0.05, 0.1) is 0 Å². The monoisotopic (exact) mass is 162 g/mol. The maximum atomic E-state index is 5.20. The molecular formula is C6H14O3Si. The summed E-state index contributed by atoms with van der Waals surface area (Å²) in [5.41, 5.74) is 0. The first kappa shape index (κ1) is 9.84. The van der Waals surface area contributed by atoms with Crippen LogP contribution >= 0.6 is 0 Å². The van der Waals surface area contributed by atoms with Gasteiger partial charge in [-0.3, -0.25) is 0 Å². The zero-order valence-corrected chi connectivity index (χ0v) is 7.66. The zero-order valence-electron chi connectivity index (χ0n) is 6.50. The highest BCUT2D eigenvalue weighted by molar-refractivity contribution is 6.36. The van der Waals surface area contributed by atoms with Gasteiger partial charge in [-0.05, 0) is 6.42 Å². The van der Waals surface area contributed by atoms with Crippen LogP contribution in [-0.2, 0) is 13.3 Å². The van der Waals surface area contributed by atoms with Crippen LogP contribution in [0.15, 0.2) is 12.7 Å². The summed E-state index contributed by atoms with van der Waals surface area (Å²) in [4.78, 5) is 0. The van der Waals surface area contributed by atoms with Gasteiger partial charge in [-0.1, -0.05) is 6.08 Å². The molecule has 0 aliphatic heterocycles. The third-order valence-electron chi connectivity index (χ3n) is 0.961. The van der Waals surface area contributed by atoms with Gasteiger partial charge >= 0.3 is 9.53 Å². The second-order valence-corrected chi connectivity index (χ2v) is 3.56. The van der Waals surface area contributed by atoms with Crippen LogP contribution < -0.4 is 0 Å². The Balaban J connectivity index is 3.16. The highest BCUT2D eigenvalue weighted by atomic mass is 28.3. The van der Waals surface area contributed by atoms with Gasteiger partial charge < -0.3 is 13.3 Å². The summed E-state index contributed by atoms with van der Waals surface area (Å²) >= 11 is 0. The van der Waals surface area contributed by atoms with E-state index in [2.05, 4.69) is 6.58 Å². The molecular weight excluding hydrogens is 148 g/mol. The lowest BCUT2D eigenvalue weighted by Gasteiger charge is -2.09. The lowest BCUT2D eigenvalue weighted by atomic mass is 10.5. The Morgan fingerprint density at radius 1 is 1.40 bits per heavy atom. The lowest BCUT2D eigenvalue weighted by molar-refractivity contribution is 0.137. The van der Waals surface area contributed by atoms with Gasteiger partial charge in [0.15, 0.2) is 0 Å². The Bertz CT molecular complexity index is 83.1. The van der Waals surface area contributed by atoms with Crippen LogP contribution in [0.5, 0.6) is 0 Å². The molecule has 0 amide bonds. The lowest BCUT2D eigenvalue weighted by Crippen LogP contribution is -2.24. The van der Waals surface area contributed by atoms with Crippen molar-refractivity contribution in [3.63, 3.8) is 0 Å². The second kappa shape index (κ2) is 6.95. The van der Waals surface area contributed by atoms with Crippen LogP contribution in [0.1, 0.15) is 6.42 Å². The standard InChI is InChI=1S/C6H14O3Si/c1-4-5-6-9-10(7-2)8-3/h4,10H,1,5-6H2,2-3H3. The van der Waals surface area contributed by atoms with E-state index in [0.29, 0.717) is 6.61 Å². The van der Waals surface area contributed by atoms with E-state index in [1.165, 1.54) is 0 Å². The molecule has 0 aromatic carbocycles. The highest BCUT2D eigenvalue weighted by Crippen LogP contribution is 1.90. The summed E-state index contributed by atoms with van der Waals surface area (Å²) in [6.45, 7) is 4.20. The van der Waals surface area contributed by atoms with Crippen LogP contribution in [0.25, 0.3) is 0 Å². The quantitative estimate of drug-likeness (QED) is 0.325. The Morgan fingerprint density at radius 3 is 2.40 bits per heavy atom. The third-order valence-corrected chi connectivity index (χ3v) is 2.24. The van der Waals surface area contributed by atoms with Crippen molar-refractivity contribution in [1.29, 1.82) is 0 Å². The molecule has 0 aliphatic carbocycles. The van der Waals surface area contributed by atoms with E-state index in [1.54, 1.807) is 20.3 Å². The van der Waals surface area contributed by atoms with Gasteiger partial charge in [0.1, 0.15) is 0 Å². The smallest absolute Gasteiger partial charge is 0.379 e. The van der Waals surface area contributed by atoms with Crippen molar-refractivity contribution in [3.05, 3.63) is 12.7 Å². The fourth-order valence-electron chi connectivity index (χ4n) is 0.480. The molecule has 0 saturated carbocycles. The molecule has 4 heteroatoms. The van der Waals surface area contributed by atoms with E-state index in [0.717, 1.165) is 6.42 Å². The SMILES string of the molecule is C=CCCO[SiH](OC)OC. The summed E-state index contributed by atoms with van der Waals surface area (Å²) in [5.74, 6) is 0. The topological polar surface area (TPSA) is 27.7 Å². The molecule has 0 radical (unpaired) electrons. The molecule has 0 N–H and O–H groups in total. The van der Waals surface area contributed by atoms with Crippen molar-refractivity contribution >= 4 is 9.53 Å². The molecule has 0 saturated heterocycles. The van der Waals surface area contributed by atoms with Gasteiger partial charge in [0.25, 0.3) is 0 Å². The molecule has 0 fully saturated rings. The minimum absolute atomic E-state index is 0.641. The zero-order chi connectivity index (χ0) is 7.82. The predicted octanol–water partition coefficient (Wildman–Crippen LogP) is 0.589. The molecule has 10 heavy (non-hydrogen) atoms. The van der Waals surface area contributed by atoms with Gasteiger partial charge in [-0.15, -0.1) is 6.58 Å². The summed E-state index contributed by atoms with van der Waals surface area (Å²) < 4.78 is 15.0. The van der Waals surface area contributed by atoms with E-state index in [-0.39, 0.29) is 0 Å². The molecule has 0 heterocycles.